The molecule has 0 N–H and O–H groups in total. The van der Waals surface area contributed by atoms with Gasteiger partial charge in [-0.15, -0.1) is 10.2 Å². The van der Waals surface area contributed by atoms with Crippen LogP contribution in [0.4, 0.5) is 11.9 Å². The highest BCUT2D eigenvalue weighted by atomic mass is 15.5. The van der Waals surface area contributed by atoms with Crippen molar-refractivity contribution in [2.45, 2.75) is 0 Å². The third kappa shape index (κ3) is 5.87. The molecule has 6 aromatic rings. The molecule has 0 radical (unpaired) electrons. The van der Waals surface area contributed by atoms with Crippen LogP contribution in [0.5, 0.6) is 0 Å². The summed E-state index contributed by atoms with van der Waals surface area (Å²) < 4.78 is 3.22. The quantitative estimate of drug-likeness (QED) is 0.153. The molecule has 0 saturated heterocycles. The summed E-state index contributed by atoms with van der Waals surface area (Å²) in [5.74, 6) is 0.628. The lowest BCUT2D eigenvalue weighted by molar-refractivity contribution is 0.837. The Kier molecular flexibility index (Phi) is 7.21. The lowest BCUT2D eigenvalue weighted by atomic mass is 10.2. The second-order valence-electron chi connectivity index (χ2n) is 8.78. The molecule has 6 rings (SSSR count). The first-order chi connectivity index (χ1) is 19.8. The standard InChI is InChI=1S/C32H24N8/c1-5-13-25(14-6-1)21-33-39-23-29(27-17-9-3-10-18-27)35-31(39)37-38-32-36-30(28-19-11-4-12-20-28)24-40(32)34-22-26-15-7-2-8-16-26/h1-24H/b33-21+,34-22+,38-37+. The summed E-state index contributed by atoms with van der Waals surface area (Å²) in [5.41, 5.74) is 5.28. The van der Waals surface area contributed by atoms with Gasteiger partial charge in [-0.3, -0.25) is 0 Å². The van der Waals surface area contributed by atoms with Crippen molar-refractivity contribution in [1.82, 2.24) is 19.3 Å². The molecule has 0 aliphatic heterocycles. The third-order valence-electron chi connectivity index (χ3n) is 5.97. The van der Waals surface area contributed by atoms with Crippen LogP contribution in [-0.4, -0.2) is 31.7 Å². The Bertz CT molecular complexity index is 1640. The van der Waals surface area contributed by atoms with E-state index in [1.54, 1.807) is 21.8 Å². The maximum atomic E-state index is 4.71. The molecule has 8 heteroatoms. The molecule has 40 heavy (non-hydrogen) atoms. The lowest BCUT2D eigenvalue weighted by Gasteiger charge is -1.97. The molecule has 4 aromatic carbocycles. The number of hydrogen-bond donors (Lipinski definition) is 0. The molecule has 0 amide bonds. The van der Waals surface area contributed by atoms with Crippen LogP contribution in [0.1, 0.15) is 11.1 Å². The van der Waals surface area contributed by atoms with Crippen LogP contribution in [0.15, 0.2) is 154 Å². The average molecular weight is 521 g/mol. The number of aromatic nitrogens is 4. The fourth-order valence-corrected chi connectivity index (χ4v) is 3.95. The molecule has 192 valence electrons. The highest BCUT2D eigenvalue weighted by Gasteiger charge is 2.12. The van der Waals surface area contributed by atoms with Crippen LogP contribution in [-0.2, 0) is 0 Å². The zero-order valence-corrected chi connectivity index (χ0v) is 21.4. The van der Waals surface area contributed by atoms with Gasteiger partial charge in [0.2, 0.25) is 0 Å². The van der Waals surface area contributed by atoms with Crippen LogP contribution in [0.25, 0.3) is 22.5 Å². The van der Waals surface area contributed by atoms with Crippen molar-refractivity contribution in [2.24, 2.45) is 20.4 Å². The highest BCUT2D eigenvalue weighted by molar-refractivity contribution is 5.80. The van der Waals surface area contributed by atoms with Crippen molar-refractivity contribution in [3.05, 3.63) is 145 Å². The second-order valence-corrected chi connectivity index (χ2v) is 8.78. The van der Waals surface area contributed by atoms with Crippen molar-refractivity contribution in [3.8, 4) is 22.5 Å². The van der Waals surface area contributed by atoms with Crippen LogP contribution in [0, 0.1) is 0 Å². The van der Waals surface area contributed by atoms with Gasteiger partial charge in [0.1, 0.15) is 0 Å². The van der Waals surface area contributed by atoms with Gasteiger partial charge in [-0.05, 0) is 11.1 Å². The maximum absolute atomic E-state index is 4.71. The van der Waals surface area contributed by atoms with Gasteiger partial charge in [0.15, 0.2) is 0 Å². The van der Waals surface area contributed by atoms with Gasteiger partial charge in [-0.1, -0.05) is 121 Å². The smallest absolute Gasteiger partial charge is 0.208 e. The van der Waals surface area contributed by atoms with Crippen LogP contribution in [0.2, 0.25) is 0 Å². The summed E-state index contributed by atoms with van der Waals surface area (Å²) in [4.78, 5) is 9.42. The fourth-order valence-electron chi connectivity index (χ4n) is 3.95. The van der Waals surface area contributed by atoms with E-state index in [-0.39, 0.29) is 0 Å². The maximum Gasteiger partial charge on any atom is 0.270 e. The second kappa shape index (κ2) is 11.7. The largest absolute Gasteiger partial charge is 0.270 e. The minimum atomic E-state index is 0.314. The van der Waals surface area contributed by atoms with E-state index in [0.717, 1.165) is 33.6 Å². The predicted molar refractivity (Wildman–Crippen MR) is 158 cm³/mol. The van der Waals surface area contributed by atoms with E-state index in [2.05, 4.69) is 20.4 Å². The Morgan fingerprint density at radius 2 is 0.800 bits per heavy atom. The van der Waals surface area contributed by atoms with Crippen molar-refractivity contribution < 1.29 is 0 Å². The molecule has 0 fully saturated rings. The van der Waals surface area contributed by atoms with Crippen LogP contribution >= 0.6 is 0 Å². The van der Waals surface area contributed by atoms with Crippen LogP contribution < -0.4 is 0 Å². The first kappa shape index (κ1) is 24.6. The average Bonchev–Trinajstić information content (AvgIpc) is 3.64. The van der Waals surface area contributed by atoms with E-state index >= 15 is 0 Å². The number of rotatable bonds is 8. The first-order valence-corrected chi connectivity index (χ1v) is 12.7. The molecule has 0 unspecified atom stereocenters. The molecule has 0 atom stereocenters. The van der Waals surface area contributed by atoms with Gasteiger partial charge < -0.3 is 0 Å². The van der Waals surface area contributed by atoms with Gasteiger partial charge in [0.25, 0.3) is 11.9 Å². The summed E-state index contributed by atoms with van der Waals surface area (Å²) in [6, 6.07) is 39.5. The summed E-state index contributed by atoms with van der Waals surface area (Å²) in [5, 5.41) is 18.1. The molecule has 2 aromatic heterocycles. The molecule has 2 heterocycles. The molecule has 0 spiro atoms. The van der Waals surface area contributed by atoms with Gasteiger partial charge in [-0.25, -0.2) is 19.3 Å². The topological polar surface area (TPSA) is 85.1 Å². The van der Waals surface area contributed by atoms with Gasteiger partial charge >= 0.3 is 0 Å². The van der Waals surface area contributed by atoms with Crippen molar-refractivity contribution in [3.63, 3.8) is 0 Å². The van der Waals surface area contributed by atoms with Crippen molar-refractivity contribution in [1.29, 1.82) is 0 Å². The van der Waals surface area contributed by atoms with Gasteiger partial charge in [0, 0.05) is 11.1 Å². The van der Waals surface area contributed by atoms with E-state index in [4.69, 9.17) is 9.97 Å². The van der Waals surface area contributed by atoms with E-state index in [1.807, 2.05) is 134 Å². The molecular weight excluding hydrogens is 496 g/mol. The minimum Gasteiger partial charge on any atom is -0.208 e. The normalized spacial score (nSPS) is 11.7. The first-order valence-electron chi connectivity index (χ1n) is 12.7. The molecule has 0 bridgehead atoms. The van der Waals surface area contributed by atoms with E-state index in [1.165, 1.54) is 0 Å². The number of benzene rings is 4. The fraction of sp³-hybridized carbons (Fsp3) is 0. The zero-order valence-electron chi connectivity index (χ0n) is 21.4. The van der Waals surface area contributed by atoms with E-state index < -0.39 is 0 Å². The van der Waals surface area contributed by atoms with Crippen molar-refractivity contribution in [2.75, 3.05) is 0 Å². The number of azo groups is 1. The monoisotopic (exact) mass is 520 g/mol. The zero-order chi connectivity index (χ0) is 27.0. The summed E-state index contributed by atoms with van der Waals surface area (Å²) in [6.07, 6.45) is 7.18. The number of imidazole rings is 2. The van der Waals surface area contributed by atoms with Crippen molar-refractivity contribution >= 4 is 24.3 Å². The van der Waals surface area contributed by atoms with Gasteiger partial charge in [-0.2, -0.15) is 10.2 Å². The Morgan fingerprint density at radius 3 is 1.18 bits per heavy atom. The molecule has 0 aliphatic carbocycles. The highest BCUT2D eigenvalue weighted by Crippen LogP contribution is 2.26. The van der Waals surface area contributed by atoms with E-state index in [0.29, 0.717) is 11.9 Å². The molecule has 8 nitrogen and oxygen atoms in total. The minimum absolute atomic E-state index is 0.314. The van der Waals surface area contributed by atoms with Gasteiger partial charge in [0.05, 0.1) is 36.2 Å². The summed E-state index contributed by atoms with van der Waals surface area (Å²) in [7, 11) is 0. The Balaban J connectivity index is 1.38. The summed E-state index contributed by atoms with van der Waals surface area (Å²) >= 11 is 0. The van der Waals surface area contributed by atoms with Crippen LogP contribution in [0.3, 0.4) is 0 Å². The summed E-state index contributed by atoms with van der Waals surface area (Å²) in [6.45, 7) is 0. The number of hydrogen-bond acceptors (Lipinski definition) is 6. The molecular formula is C32H24N8. The Morgan fingerprint density at radius 1 is 0.450 bits per heavy atom. The Labute approximate surface area is 231 Å². The lowest BCUT2D eigenvalue weighted by Crippen LogP contribution is -1.90. The molecule has 0 aliphatic rings. The SMILES string of the molecule is C(=N\n1cc(-c2ccccc2)nc1/N=N/c1nc(-c2ccccc2)cn1/N=C/c1ccccc1)/c1ccccc1. The predicted octanol–water partition coefficient (Wildman–Crippen LogP) is 7.59. The Hall–Kier alpha value is -5.76. The van der Waals surface area contributed by atoms with E-state index in [9.17, 15) is 0 Å². The number of nitrogens with zero attached hydrogens (tertiary/aromatic N) is 8. The molecule has 0 saturated carbocycles. The third-order valence-corrected chi connectivity index (χ3v) is 5.97.